The van der Waals surface area contributed by atoms with Crippen LogP contribution in [0.3, 0.4) is 0 Å². The summed E-state index contributed by atoms with van der Waals surface area (Å²) in [4.78, 5) is 4.13. The third-order valence-corrected chi connectivity index (χ3v) is 3.61. The first-order valence-electron chi connectivity index (χ1n) is 6.11. The number of nitrogens with one attached hydrogen (secondary N) is 2. The molecule has 0 aliphatic rings. The minimum atomic E-state index is -3.56. The Kier molecular flexibility index (Phi) is 4.48. The number of hydrogen-bond acceptors (Lipinski definition) is 5. The quantitative estimate of drug-likeness (QED) is 0.831. The van der Waals surface area contributed by atoms with E-state index in [0.29, 0.717) is 5.89 Å². The normalized spacial score (nSPS) is 11.9. The number of rotatable bonds is 6. The van der Waals surface area contributed by atoms with E-state index in [4.69, 9.17) is 4.52 Å². The maximum Gasteiger partial charge on any atom is 0.277 e. The Hall–Kier alpha value is -1.77. The fourth-order valence-electron chi connectivity index (χ4n) is 1.54. The van der Waals surface area contributed by atoms with Crippen molar-refractivity contribution in [3.63, 3.8) is 0 Å². The molecule has 0 aliphatic heterocycles. The molecule has 1 aromatic heterocycles. The van der Waals surface area contributed by atoms with Gasteiger partial charge in [-0.25, -0.2) is 0 Å². The van der Waals surface area contributed by atoms with Crippen LogP contribution < -0.4 is 9.44 Å². The van der Waals surface area contributed by atoms with Crippen LogP contribution in [0.5, 0.6) is 0 Å². The molecular weight excluding hydrogens is 280 g/mol. The Morgan fingerprint density at radius 2 is 1.95 bits per heavy atom. The number of benzene rings is 1. The zero-order valence-electron chi connectivity index (χ0n) is 11.2. The first kappa shape index (κ1) is 14.6. The summed E-state index contributed by atoms with van der Waals surface area (Å²) in [5, 5.41) is 3.73. The predicted molar refractivity (Wildman–Crippen MR) is 73.8 cm³/mol. The van der Waals surface area contributed by atoms with E-state index in [1.165, 1.54) is 0 Å². The Morgan fingerprint density at radius 3 is 2.60 bits per heavy atom. The molecule has 0 spiro atoms. The number of aromatic nitrogens is 2. The lowest BCUT2D eigenvalue weighted by Crippen LogP contribution is -2.40. The molecule has 0 aliphatic carbocycles. The highest BCUT2D eigenvalue weighted by molar-refractivity contribution is 7.87. The van der Waals surface area contributed by atoms with Gasteiger partial charge in [-0.1, -0.05) is 23.4 Å². The van der Waals surface area contributed by atoms with E-state index in [2.05, 4.69) is 19.6 Å². The smallest absolute Gasteiger partial charge is 0.277 e. The predicted octanol–water partition coefficient (Wildman–Crippen LogP) is 1.07. The molecule has 108 valence electrons. The van der Waals surface area contributed by atoms with Gasteiger partial charge in [0.05, 0.1) is 6.54 Å². The summed E-state index contributed by atoms with van der Waals surface area (Å²) in [6, 6.07) is 9.08. The van der Waals surface area contributed by atoms with E-state index in [1.54, 1.807) is 13.8 Å². The molecule has 2 aromatic rings. The fourth-order valence-corrected chi connectivity index (χ4v) is 2.56. The second kappa shape index (κ2) is 6.12. The molecule has 0 fully saturated rings. The van der Waals surface area contributed by atoms with Gasteiger partial charge in [0.25, 0.3) is 16.1 Å². The van der Waals surface area contributed by atoms with E-state index in [-0.39, 0.29) is 18.4 Å². The van der Waals surface area contributed by atoms with Crippen molar-refractivity contribution in [2.24, 2.45) is 0 Å². The third kappa shape index (κ3) is 4.12. The van der Waals surface area contributed by atoms with Gasteiger partial charge in [0.1, 0.15) is 0 Å². The first-order chi connectivity index (χ1) is 9.46. The lowest BCUT2D eigenvalue weighted by atomic mass is 10.2. The standard InChI is InChI=1S/C12H16N4O3S/c1-9(2)16-20(17,18)13-8-11-14-12(19-15-11)10-6-4-3-5-7-10/h3-7,9,13,16H,8H2,1-2H3. The molecule has 0 unspecified atom stereocenters. The second-order valence-corrected chi connectivity index (χ2v) is 6.01. The zero-order valence-corrected chi connectivity index (χ0v) is 12.0. The van der Waals surface area contributed by atoms with E-state index in [1.807, 2.05) is 30.3 Å². The van der Waals surface area contributed by atoms with Gasteiger partial charge in [-0.15, -0.1) is 0 Å². The highest BCUT2D eigenvalue weighted by Crippen LogP contribution is 2.15. The van der Waals surface area contributed by atoms with Crippen LogP contribution in [0.1, 0.15) is 19.7 Å². The molecule has 1 heterocycles. The van der Waals surface area contributed by atoms with Crippen molar-refractivity contribution in [1.82, 2.24) is 19.6 Å². The molecule has 20 heavy (non-hydrogen) atoms. The zero-order chi connectivity index (χ0) is 14.6. The first-order valence-corrected chi connectivity index (χ1v) is 7.59. The van der Waals surface area contributed by atoms with E-state index >= 15 is 0 Å². The van der Waals surface area contributed by atoms with Crippen LogP contribution in [0.2, 0.25) is 0 Å². The lowest BCUT2D eigenvalue weighted by molar-refractivity contribution is 0.421. The van der Waals surface area contributed by atoms with Crippen LogP contribution in [0.25, 0.3) is 11.5 Å². The van der Waals surface area contributed by atoms with Crippen LogP contribution in [-0.4, -0.2) is 24.6 Å². The second-order valence-electron chi connectivity index (χ2n) is 4.48. The summed E-state index contributed by atoms with van der Waals surface area (Å²) in [5.41, 5.74) is 0.786. The summed E-state index contributed by atoms with van der Waals surface area (Å²) in [6.07, 6.45) is 0. The molecule has 0 amide bonds. The maximum atomic E-state index is 11.6. The van der Waals surface area contributed by atoms with Crippen molar-refractivity contribution in [2.45, 2.75) is 26.4 Å². The molecule has 2 rings (SSSR count). The molecule has 2 N–H and O–H groups in total. The van der Waals surface area contributed by atoms with Gasteiger partial charge in [-0.3, -0.25) is 0 Å². The minimum absolute atomic E-state index is 0.0294. The van der Waals surface area contributed by atoms with Crippen LogP contribution in [0, 0.1) is 0 Å². The van der Waals surface area contributed by atoms with Crippen LogP contribution >= 0.6 is 0 Å². The van der Waals surface area contributed by atoms with Crippen molar-refractivity contribution < 1.29 is 12.9 Å². The highest BCUT2D eigenvalue weighted by Gasteiger charge is 2.14. The lowest BCUT2D eigenvalue weighted by Gasteiger charge is -2.08. The van der Waals surface area contributed by atoms with Gasteiger partial charge >= 0.3 is 0 Å². The minimum Gasteiger partial charge on any atom is -0.334 e. The molecule has 1 aromatic carbocycles. The summed E-state index contributed by atoms with van der Waals surface area (Å²) < 4.78 is 33.0. The van der Waals surface area contributed by atoms with E-state index in [9.17, 15) is 8.42 Å². The molecule has 7 nitrogen and oxygen atoms in total. The largest absolute Gasteiger partial charge is 0.334 e. The third-order valence-electron chi connectivity index (χ3n) is 2.30. The van der Waals surface area contributed by atoms with Gasteiger partial charge in [-0.05, 0) is 26.0 Å². The van der Waals surface area contributed by atoms with Crippen molar-refractivity contribution in [2.75, 3.05) is 0 Å². The number of hydrogen-bond donors (Lipinski definition) is 2. The average molecular weight is 296 g/mol. The van der Waals surface area contributed by atoms with Crippen LogP contribution in [-0.2, 0) is 16.8 Å². The monoisotopic (exact) mass is 296 g/mol. The topological polar surface area (TPSA) is 97.1 Å². The van der Waals surface area contributed by atoms with Crippen LogP contribution in [0.15, 0.2) is 34.9 Å². The van der Waals surface area contributed by atoms with Gasteiger partial charge in [0, 0.05) is 11.6 Å². The van der Waals surface area contributed by atoms with Crippen molar-refractivity contribution in [1.29, 1.82) is 0 Å². The summed E-state index contributed by atoms with van der Waals surface area (Å²) >= 11 is 0. The Bertz CT molecular complexity index is 652. The van der Waals surface area contributed by atoms with Gasteiger partial charge < -0.3 is 4.52 Å². The summed E-state index contributed by atoms with van der Waals surface area (Å²) in [5.74, 6) is 0.634. The Labute approximate surface area is 117 Å². The molecule has 0 atom stereocenters. The highest BCUT2D eigenvalue weighted by atomic mass is 32.2. The Morgan fingerprint density at radius 1 is 1.25 bits per heavy atom. The van der Waals surface area contributed by atoms with Gasteiger partial charge in [-0.2, -0.15) is 22.8 Å². The van der Waals surface area contributed by atoms with E-state index < -0.39 is 10.2 Å². The van der Waals surface area contributed by atoms with Gasteiger partial charge in [0.2, 0.25) is 0 Å². The average Bonchev–Trinajstić information content (AvgIpc) is 2.85. The molecule has 0 saturated heterocycles. The molecule has 0 saturated carbocycles. The van der Waals surface area contributed by atoms with E-state index in [0.717, 1.165) is 5.56 Å². The summed E-state index contributed by atoms with van der Waals surface area (Å²) in [6.45, 7) is 3.45. The molecule has 8 heteroatoms. The molecule has 0 bridgehead atoms. The molecule has 0 radical (unpaired) electrons. The van der Waals surface area contributed by atoms with Crippen molar-refractivity contribution in [3.8, 4) is 11.5 Å². The maximum absolute atomic E-state index is 11.6. The summed E-state index contributed by atoms with van der Waals surface area (Å²) in [7, 11) is -3.56. The van der Waals surface area contributed by atoms with Crippen molar-refractivity contribution in [3.05, 3.63) is 36.2 Å². The van der Waals surface area contributed by atoms with Crippen molar-refractivity contribution >= 4 is 10.2 Å². The number of nitrogens with zero attached hydrogens (tertiary/aromatic N) is 2. The Balaban J connectivity index is 2.01. The SMILES string of the molecule is CC(C)NS(=O)(=O)NCc1noc(-c2ccccc2)n1. The van der Waals surface area contributed by atoms with Gasteiger partial charge in [0.15, 0.2) is 5.82 Å². The fraction of sp³-hybridized carbons (Fsp3) is 0.333. The van der Waals surface area contributed by atoms with Crippen LogP contribution in [0.4, 0.5) is 0 Å². The molecular formula is C12H16N4O3S.